The molecule has 16 heavy (non-hydrogen) atoms. The molecule has 1 N–H and O–H groups in total. The Bertz CT molecular complexity index is 350. The second kappa shape index (κ2) is 5.75. The molecular formula is C13H21NO2. The summed E-state index contributed by atoms with van der Waals surface area (Å²) in [6.45, 7) is 6.10. The monoisotopic (exact) mass is 223 g/mol. The van der Waals surface area contributed by atoms with Gasteiger partial charge in [0.2, 0.25) is 0 Å². The SMILES string of the molecule is CCN(C)CCc1cc(C)cc(O)c1OC. The molecule has 0 saturated carbocycles. The molecule has 90 valence electrons. The highest BCUT2D eigenvalue weighted by atomic mass is 16.5. The lowest BCUT2D eigenvalue weighted by Gasteiger charge is -2.16. The maximum Gasteiger partial charge on any atom is 0.163 e. The van der Waals surface area contributed by atoms with Gasteiger partial charge in [-0.15, -0.1) is 0 Å². The molecule has 0 unspecified atom stereocenters. The van der Waals surface area contributed by atoms with Crippen LogP contribution in [0, 0.1) is 6.92 Å². The molecule has 0 amide bonds. The zero-order valence-corrected chi connectivity index (χ0v) is 10.6. The Hall–Kier alpha value is -1.22. The number of nitrogens with zero attached hydrogens (tertiary/aromatic N) is 1. The van der Waals surface area contributed by atoms with Crippen LogP contribution in [0.4, 0.5) is 0 Å². The molecule has 0 aromatic heterocycles. The fraction of sp³-hybridized carbons (Fsp3) is 0.538. The normalized spacial score (nSPS) is 10.8. The van der Waals surface area contributed by atoms with E-state index in [9.17, 15) is 5.11 Å². The molecule has 0 atom stereocenters. The summed E-state index contributed by atoms with van der Waals surface area (Å²) in [7, 11) is 3.68. The van der Waals surface area contributed by atoms with Crippen molar-refractivity contribution in [3.05, 3.63) is 23.3 Å². The average molecular weight is 223 g/mol. The summed E-state index contributed by atoms with van der Waals surface area (Å²) in [6.07, 6.45) is 0.892. The minimum absolute atomic E-state index is 0.233. The van der Waals surface area contributed by atoms with Crippen molar-refractivity contribution in [2.24, 2.45) is 0 Å². The number of aromatic hydroxyl groups is 1. The van der Waals surface area contributed by atoms with Gasteiger partial charge in [-0.3, -0.25) is 0 Å². The third-order valence-corrected chi connectivity index (χ3v) is 2.80. The van der Waals surface area contributed by atoms with E-state index in [2.05, 4.69) is 24.9 Å². The Kier molecular flexibility index (Phi) is 4.62. The van der Waals surface area contributed by atoms with Gasteiger partial charge in [-0.2, -0.15) is 0 Å². The van der Waals surface area contributed by atoms with Crippen LogP contribution in [0.2, 0.25) is 0 Å². The number of methoxy groups -OCH3 is 1. The molecule has 1 aromatic carbocycles. The molecular weight excluding hydrogens is 202 g/mol. The molecule has 3 nitrogen and oxygen atoms in total. The number of ether oxygens (including phenoxy) is 1. The van der Waals surface area contributed by atoms with Gasteiger partial charge in [0.05, 0.1) is 7.11 Å². The predicted octanol–water partition coefficient (Wildman–Crippen LogP) is 2.20. The van der Waals surface area contributed by atoms with Crippen LogP contribution in [0.15, 0.2) is 12.1 Å². The van der Waals surface area contributed by atoms with Crippen molar-refractivity contribution in [3.8, 4) is 11.5 Å². The van der Waals surface area contributed by atoms with E-state index in [4.69, 9.17) is 4.74 Å². The minimum Gasteiger partial charge on any atom is -0.504 e. The van der Waals surface area contributed by atoms with Gasteiger partial charge >= 0.3 is 0 Å². The second-order valence-corrected chi connectivity index (χ2v) is 4.12. The predicted molar refractivity (Wildman–Crippen MR) is 66.3 cm³/mol. The van der Waals surface area contributed by atoms with Crippen LogP contribution >= 0.6 is 0 Å². The highest BCUT2D eigenvalue weighted by molar-refractivity contribution is 5.48. The van der Waals surface area contributed by atoms with E-state index < -0.39 is 0 Å². The summed E-state index contributed by atoms with van der Waals surface area (Å²) < 4.78 is 5.23. The first kappa shape index (κ1) is 12.8. The van der Waals surface area contributed by atoms with Crippen molar-refractivity contribution in [3.63, 3.8) is 0 Å². The average Bonchev–Trinajstić information content (AvgIpc) is 2.25. The van der Waals surface area contributed by atoms with Gasteiger partial charge in [0.15, 0.2) is 11.5 Å². The zero-order valence-electron chi connectivity index (χ0n) is 10.6. The molecule has 0 spiro atoms. The molecule has 1 rings (SSSR count). The number of phenols is 1. The molecule has 1 aromatic rings. The molecule has 0 bridgehead atoms. The number of hydrogen-bond acceptors (Lipinski definition) is 3. The fourth-order valence-electron chi connectivity index (χ4n) is 1.72. The van der Waals surface area contributed by atoms with E-state index in [0.717, 1.165) is 30.6 Å². The van der Waals surface area contributed by atoms with Crippen LogP contribution in [0.25, 0.3) is 0 Å². The van der Waals surface area contributed by atoms with Crippen molar-refractivity contribution in [1.82, 2.24) is 4.90 Å². The number of hydrogen-bond donors (Lipinski definition) is 1. The van der Waals surface area contributed by atoms with Gasteiger partial charge < -0.3 is 14.7 Å². The van der Waals surface area contributed by atoms with Crippen molar-refractivity contribution >= 4 is 0 Å². The number of phenolic OH excluding ortho intramolecular Hbond substituents is 1. The summed E-state index contributed by atoms with van der Waals surface area (Å²) in [5.74, 6) is 0.840. The maximum absolute atomic E-state index is 9.76. The van der Waals surface area contributed by atoms with Gasteiger partial charge in [0, 0.05) is 6.54 Å². The van der Waals surface area contributed by atoms with Crippen LogP contribution in [-0.4, -0.2) is 37.3 Å². The Labute approximate surface area is 97.7 Å². The van der Waals surface area contributed by atoms with Gasteiger partial charge in [0.1, 0.15) is 0 Å². The van der Waals surface area contributed by atoms with Gasteiger partial charge in [-0.05, 0) is 44.1 Å². The van der Waals surface area contributed by atoms with Crippen LogP contribution < -0.4 is 4.74 Å². The lowest BCUT2D eigenvalue weighted by Crippen LogP contribution is -2.20. The number of rotatable bonds is 5. The molecule has 0 aliphatic heterocycles. The largest absolute Gasteiger partial charge is 0.504 e. The molecule has 0 heterocycles. The van der Waals surface area contributed by atoms with Crippen molar-refractivity contribution in [1.29, 1.82) is 0 Å². The van der Waals surface area contributed by atoms with E-state index >= 15 is 0 Å². The topological polar surface area (TPSA) is 32.7 Å². The number of likely N-dealkylation sites (N-methyl/N-ethyl adjacent to an activating group) is 1. The molecule has 3 heteroatoms. The summed E-state index contributed by atoms with van der Waals surface area (Å²) in [4.78, 5) is 2.23. The second-order valence-electron chi connectivity index (χ2n) is 4.12. The first-order valence-electron chi connectivity index (χ1n) is 5.63. The zero-order chi connectivity index (χ0) is 12.1. The van der Waals surface area contributed by atoms with Gasteiger partial charge in [0.25, 0.3) is 0 Å². The Balaban J connectivity index is 2.85. The molecule has 0 saturated heterocycles. The number of aryl methyl sites for hydroxylation is 1. The molecule has 0 radical (unpaired) electrons. The summed E-state index contributed by atoms with van der Waals surface area (Å²) in [6, 6.07) is 3.80. The van der Waals surface area contributed by atoms with Crippen LogP contribution in [0.5, 0.6) is 11.5 Å². The van der Waals surface area contributed by atoms with Crippen molar-refractivity contribution in [2.75, 3.05) is 27.2 Å². The van der Waals surface area contributed by atoms with Gasteiger partial charge in [-0.1, -0.05) is 13.0 Å². The quantitative estimate of drug-likeness (QED) is 0.830. The smallest absolute Gasteiger partial charge is 0.163 e. The Morgan fingerprint density at radius 3 is 2.62 bits per heavy atom. The van der Waals surface area contributed by atoms with E-state index in [1.54, 1.807) is 13.2 Å². The maximum atomic E-state index is 9.76. The van der Waals surface area contributed by atoms with E-state index in [0.29, 0.717) is 5.75 Å². The van der Waals surface area contributed by atoms with Crippen LogP contribution in [0.1, 0.15) is 18.1 Å². The van der Waals surface area contributed by atoms with Crippen molar-refractivity contribution < 1.29 is 9.84 Å². The van der Waals surface area contributed by atoms with Crippen molar-refractivity contribution in [2.45, 2.75) is 20.3 Å². The fourth-order valence-corrected chi connectivity index (χ4v) is 1.72. The van der Waals surface area contributed by atoms with Gasteiger partial charge in [-0.25, -0.2) is 0 Å². The highest BCUT2D eigenvalue weighted by Crippen LogP contribution is 2.31. The molecule has 0 aliphatic rings. The Morgan fingerprint density at radius 2 is 2.06 bits per heavy atom. The summed E-state index contributed by atoms with van der Waals surface area (Å²) in [5, 5.41) is 9.76. The van der Waals surface area contributed by atoms with Crippen LogP contribution in [0.3, 0.4) is 0 Å². The minimum atomic E-state index is 0.233. The standard InChI is InChI=1S/C13H21NO2/c1-5-14(3)7-6-11-8-10(2)9-12(15)13(11)16-4/h8-9,15H,5-7H2,1-4H3. The first-order chi connectivity index (χ1) is 7.58. The lowest BCUT2D eigenvalue weighted by atomic mass is 10.1. The van der Waals surface area contributed by atoms with Crippen LogP contribution in [-0.2, 0) is 6.42 Å². The number of benzene rings is 1. The van der Waals surface area contributed by atoms with E-state index in [-0.39, 0.29) is 5.75 Å². The third-order valence-electron chi connectivity index (χ3n) is 2.80. The summed E-state index contributed by atoms with van der Waals surface area (Å²) >= 11 is 0. The van der Waals surface area contributed by atoms with E-state index in [1.807, 2.05) is 6.92 Å². The molecule has 0 aliphatic carbocycles. The Morgan fingerprint density at radius 1 is 1.38 bits per heavy atom. The summed E-state index contributed by atoms with van der Waals surface area (Å²) in [5.41, 5.74) is 2.13. The highest BCUT2D eigenvalue weighted by Gasteiger charge is 2.10. The third kappa shape index (κ3) is 3.14. The first-order valence-corrected chi connectivity index (χ1v) is 5.63. The van der Waals surface area contributed by atoms with E-state index in [1.165, 1.54) is 0 Å². The molecule has 0 fully saturated rings. The lowest BCUT2D eigenvalue weighted by molar-refractivity contribution is 0.345.